The molecule has 2 saturated carbocycles. The number of halogens is 2. The van der Waals surface area contributed by atoms with E-state index in [-0.39, 0.29) is 38.4 Å². The van der Waals surface area contributed by atoms with E-state index >= 15 is 0 Å². The van der Waals surface area contributed by atoms with Crippen LogP contribution in [0.2, 0.25) is 0 Å². The van der Waals surface area contributed by atoms with E-state index in [1.54, 1.807) is 6.07 Å². The van der Waals surface area contributed by atoms with Crippen LogP contribution < -0.4 is 10.1 Å². The minimum atomic E-state index is -1.01. The molecule has 6 atom stereocenters. The molecule has 1 aromatic carbocycles. The third-order valence-electron chi connectivity index (χ3n) is 9.15. The lowest BCUT2D eigenvalue weighted by Crippen LogP contribution is -2.71. The van der Waals surface area contributed by atoms with Crippen LogP contribution in [-0.2, 0) is 13.0 Å². The molecular weight excluding hydrogens is 482 g/mol. The molecule has 2 aliphatic carbocycles. The summed E-state index contributed by atoms with van der Waals surface area (Å²) >= 11 is 10.8. The zero-order chi connectivity index (χ0) is 22.5. The van der Waals surface area contributed by atoms with Gasteiger partial charge in [-0.3, -0.25) is 4.79 Å². The average molecular weight is 511 g/mol. The molecule has 2 heterocycles. The largest absolute Gasteiger partial charge is 0.486 e. The Kier molecular flexibility index (Phi) is 4.61. The first-order valence-electron chi connectivity index (χ1n) is 11.1. The molecule has 0 aromatic heterocycles. The fourth-order valence-corrected chi connectivity index (χ4v) is 8.57. The van der Waals surface area contributed by atoms with Crippen molar-refractivity contribution in [2.75, 3.05) is 0 Å². The van der Waals surface area contributed by atoms with Crippen LogP contribution in [0.15, 0.2) is 6.07 Å². The van der Waals surface area contributed by atoms with E-state index in [2.05, 4.69) is 48.9 Å². The molecule has 0 saturated heterocycles. The SMILES string of the molecule is C[C@H]1CC[C@H]2C(C)(C)C(Cl)C(Br)C[C@]23Oc2c(c(C(=O)O)cc4c2CNC4=O)C[C@]13C. The van der Waals surface area contributed by atoms with Crippen LogP contribution in [0.4, 0.5) is 0 Å². The number of fused-ring (bicyclic) bond motifs is 3. The summed E-state index contributed by atoms with van der Waals surface area (Å²) < 4.78 is 7.09. The van der Waals surface area contributed by atoms with Crippen molar-refractivity contribution in [2.24, 2.45) is 22.7 Å². The molecule has 5 rings (SSSR count). The van der Waals surface area contributed by atoms with Gasteiger partial charge in [0.25, 0.3) is 5.91 Å². The Morgan fingerprint density at radius 1 is 1.29 bits per heavy atom. The van der Waals surface area contributed by atoms with E-state index in [0.717, 1.165) is 30.4 Å². The molecule has 7 heteroatoms. The van der Waals surface area contributed by atoms with Gasteiger partial charge in [0.15, 0.2) is 0 Å². The molecule has 0 bridgehead atoms. The second-order valence-corrected chi connectivity index (χ2v) is 12.5. The molecule has 31 heavy (non-hydrogen) atoms. The van der Waals surface area contributed by atoms with Crippen molar-refractivity contribution in [3.63, 3.8) is 0 Å². The van der Waals surface area contributed by atoms with E-state index < -0.39 is 11.6 Å². The van der Waals surface area contributed by atoms with Gasteiger partial charge in [-0.05, 0) is 36.7 Å². The number of rotatable bonds is 1. The maximum absolute atomic E-state index is 12.4. The highest BCUT2D eigenvalue weighted by Gasteiger charge is 2.69. The number of ether oxygens (including phenoxy) is 1. The van der Waals surface area contributed by atoms with Crippen LogP contribution in [0, 0.1) is 22.7 Å². The summed E-state index contributed by atoms with van der Waals surface area (Å²) in [5.74, 6) is -0.0151. The Hall–Kier alpha value is -1.27. The van der Waals surface area contributed by atoms with Gasteiger partial charge in [-0.1, -0.05) is 43.6 Å². The van der Waals surface area contributed by atoms with Gasteiger partial charge in [0.2, 0.25) is 0 Å². The quantitative estimate of drug-likeness (QED) is 0.512. The van der Waals surface area contributed by atoms with Gasteiger partial charge in [0.05, 0.1) is 10.9 Å². The Morgan fingerprint density at radius 3 is 2.68 bits per heavy atom. The van der Waals surface area contributed by atoms with Crippen LogP contribution in [0.5, 0.6) is 5.75 Å². The van der Waals surface area contributed by atoms with Crippen LogP contribution in [0.3, 0.4) is 0 Å². The molecule has 2 aliphatic heterocycles. The third kappa shape index (κ3) is 2.61. The van der Waals surface area contributed by atoms with Crippen molar-refractivity contribution < 1.29 is 19.4 Å². The van der Waals surface area contributed by atoms with Crippen LogP contribution in [0.1, 0.15) is 78.8 Å². The summed E-state index contributed by atoms with van der Waals surface area (Å²) in [5, 5.41) is 12.8. The maximum Gasteiger partial charge on any atom is 0.336 e. The first kappa shape index (κ1) is 21.6. The van der Waals surface area contributed by atoms with Gasteiger partial charge < -0.3 is 15.2 Å². The molecule has 168 valence electrons. The minimum Gasteiger partial charge on any atom is -0.486 e. The van der Waals surface area contributed by atoms with Gasteiger partial charge >= 0.3 is 5.97 Å². The number of carboxylic acids is 1. The highest BCUT2D eigenvalue weighted by Crippen LogP contribution is 2.67. The monoisotopic (exact) mass is 509 g/mol. The molecule has 2 unspecified atom stereocenters. The second-order valence-electron chi connectivity index (χ2n) is 10.8. The topological polar surface area (TPSA) is 75.6 Å². The summed E-state index contributed by atoms with van der Waals surface area (Å²) in [4.78, 5) is 24.7. The molecule has 0 radical (unpaired) electrons. The van der Waals surface area contributed by atoms with Crippen LogP contribution >= 0.6 is 27.5 Å². The number of alkyl halides is 2. The van der Waals surface area contributed by atoms with E-state index in [1.807, 2.05) is 0 Å². The Morgan fingerprint density at radius 2 is 2.00 bits per heavy atom. The number of hydrogen-bond acceptors (Lipinski definition) is 3. The summed E-state index contributed by atoms with van der Waals surface area (Å²) in [6.07, 6.45) is 3.49. The first-order chi connectivity index (χ1) is 14.4. The number of carboxylic acid groups (broad SMARTS) is 1. The normalized spacial score (nSPS) is 40.0. The molecule has 1 amide bonds. The Bertz CT molecular complexity index is 1010. The minimum absolute atomic E-state index is 0.0231. The number of nitrogens with one attached hydrogen (secondary N) is 1. The number of aromatic carboxylic acids is 1. The van der Waals surface area contributed by atoms with E-state index in [9.17, 15) is 14.7 Å². The fourth-order valence-electron chi connectivity index (χ4n) is 7.16. The smallest absolute Gasteiger partial charge is 0.336 e. The number of amides is 1. The van der Waals surface area contributed by atoms with Crippen molar-refractivity contribution in [3.8, 4) is 5.75 Å². The molecule has 1 aromatic rings. The van der Waals surface area contributed by atoms with Crippen molar-refractivity contribution >= 4 is 39.4 Å². The third-order valence-corrected chi connectivity index (χ3v) is 11.2. The predicted octanol–water partition coefficient (Wildman–Crippen LogP) is 5.16. The van der Waals surface area contributed by atoms with Gasteiger partial charge in [-0.15, -0.1) is 11.6 Å². The maximum atomic E-state index is 12.4. The van der Waals surface area contributed by atoms with Crippen molar-refractivity contribution in [2.45, 2.75) is 75.7 Å². The number of benzene rings is 1. The van der Waals surface area contributed by atoms with Gasteiger partial charge in [0, 0.05) is 45.8 Å². The second kappa shape index (κ2) is 6.63. The standard InChI is InChI=1S/C24H29BrClNO4/c1-11-5-6-17-22(2,3)19(26)16(25)9-24(17)23(11,4)8-14-13(21(29)30)7-12-15(18(14)31-24)10-27-20(12)28/h7,11,16-17,19H,5-6,8-10H2,1-4H3,(H,27,28)(H,29,30)/t11-,16?,17-,19?,23+,24-/m0/s1. The Balaban J connectivity index is 1.78. The molecule has 1 spiro atoms. The lowest BCUT2D eigenvalue weighted by Gasteiger charge is -2.67. The average Bonchev–Trinajstić information content (AvgIpc) is 3.06. The Labute approximate surface area is 196 Å². The number of hydrogen-bond donors (Lipinski definition) is 2. The highest BCUT2D eigenvalue weighted by atomic mass is 79.9. The number of carbonyl (C=O) groups excluding carboxylic acids is 1. The van der Waals surface area contributed by atoms with Gasteiger partial charge in [0.1, 0.15) is 11.4 Å². The van der Waals surface area contributed by atoms with Crippen LogP contribution in [0.25, 0.3) is 0 Å². The molecule has 2 N–H and O–H groups in total. The van der Waals surface area contributed by atoms with Gasteiger partial charge in [-0.25, -0.2) is 4.79 Å². The highest BCUT2D eigenvalue weighted by molar-refractivity contribution is 9.09. The van der Waals surface area contributed by atoms with E-state index in [0.29, 0.717) is 30.2 Å². The van der Waals surface area contributed by atoms with Crippen molar-refractivity contribution in [1.29, 1.82) is 0 Å². The molecular formula is C24H29BrClNO4. The zero-order valence-corrected chi connectivity index (χ0v) is 20.7. The predicted molar refractivity (Wildman–Crippen MR) is 122 cm³/mol. The summed E-state index contributed by atoms with van der Waals surface area (Å²) in [5.41, 5.74) is 1.29. The molecule has 4 aliphatic rings. The lowest BCUT2D eigenvalue weighted by molar-refractivity contribution is -0.207. The summed E-state index contributed by atoms with van der Waals surface area (Å²) in [6.45, 7) is 9.40. The fraction of sp³-hybridized carbons (Fsp3) is 0.667. The first-order valence-corrected chi connectivity index (χ1v) is 12.5. The van der Waals surface area contributed by atoms with Crippen LogP contribution in [-0.4, -0.2) is 32.8 Å². The summed E-state index contributed by atoms with van der Waals surface area (Å²) in [7, 11) is 0. The summed E-state index contributed by atoms with van der Waals surface area (Å²) in [6, 6.07) is 1.54. The number of carbonyl (C=O) groups is 2. The van der Waals surface area contributed by atoms with Crippen molar-refractivity contribution in [1.82, 2.24) is 5.32 Å². The van der Waals surface area contributed by atoms with Gasteiger partial charge in [-0.2, -0.15) is 0 Å². The lowest BCUT2D eigenvalue weighted by atomic mass is 9.44. The zero-order valence-electron chi connectivity index (χ0n) is 18.4. The van der Waals surface area contributed by atoms with E-state index in [1.165, 1.54) is 0 Å². The van der Waals surface area contributed by atoms with E-state index in [4.69, 9.17) is 16.3 Å². The molecule has 5 nitrogen and oxygen atoms in total. The molecule has 2 fully saturated rings. The van der Waals surface area contributed by atoms with Crippen molar-refractivity contribution in [3.05, 3.63) is 28.3 Å².